The number of rotatable bonds is 4. The monoisotopic (exact) mass is 404 g/mol. The van der Waals surface area contributed by atoms with Crippen LogP contribution in [0.15, 0.2) is 48.7 Å². The number of fused-ring (bicyclic) bond motifs is 1. The summed E-state index contributed by atoms with van der Waals surface area (Å²) in [4.78, 5) is 24.0. The van der Waals surface area contributed by atoms with Gasteiger partial charge in [-0.05, 0) is 43.3 Å². The third kappa shape index (κ3) is 3.02. The van der Waals surface area contributed by atoms with Crippen molar-refractivity contribution in [2.24, 2.45) is 0 Å². The second-order valence-corrected chi connectivity index (χ2v) is 7.50. The molecule has 1 saturated heterocycles. The first-order valence-corrected chi connectivity index (χ1v) is 9.97. The minimum absolute atomic E-state index is 0.154. The Morgan fingerprint density at radius 1 is 1.20 bits per heavy atom. The van der Waals surface area contributed by atoms with Gasteiger partial charge in [-0.1, -0.05) is 12.1 Å². The molecule has 0 spiro atoms. The molecule has 1 N–H and O–H groups in total. The Morgan fingerprint density at radius 3 is 2.87 bits per heavy atom. The summed E-state index contributed by atoms with van der Waals surface area (Å²) < 4.78 is 20.1. The number of anilines is 1. The molecule has 0 aliphatic carbocycles. The van der Waals surface area contributed by atoms with E-state index in [4.69, 9.17) is 9.72 Å². The Bertz CT molecular complexity index is 1130. The maximum absolute atomic E-state index is 14.7. The molecule has 1 amide bonds. The molecule has 152 valence electrons. The number of nitrogens with zero attached hydrogens (tertiary/aromatic N) is 3. The van der Waals surface area contributed by atoms with Crippen molar-refractivity contribution in [1.82, 2.24) is 15.3 Å². The van der Waals surface area contributed by atoms with E-state index in [9.17, 15) is 9.18 Å². The molecule has 5 rings (SSSR count). The van der Waals surface area contributed by atoms with Crippen LogP contribution in [0.5, 0.6) is 5.75 Å². The predicted octanol–water partition coefficient (Wildman–Crippen LogP) is 3.53. The molecule has 1 atom stereocenters. The maximum Gasteiger partial charge on any atom is 0.260 e. The van der Waals surface area contributed by atoms with E-state index in [0.29, 0.717) is 34.3 Å². The summed E-state index contributed by atoms with van der Waals surface area (Å²) in [5.41, 5.74) is 2.87. The van der Waals surface area contributed by atoms with Crippen LogP contribution in [0.25, 0.3) is 11.3 Å². The zero-order valence-corrected chi connectivity index (χ0v) is 16.6. The van der Waals surface area contributed by atoms with E-state index >= 15 is 0 Å². The lowest BCUT2D eigenvalue weighted by atomic mass is 10.0. The molecule has 2 aliphatic rings. The molecule has 2 aliphatic heterocycles. The summed E-state index contributed by atoms with van der Waals surface area (Å²) >= 11 is 0. The smallest absolute Gasteiger partial charge is 0.260 e. The highest BCUT2D eigenvalue weighted by Crippen LogP contribution is 2.38. The number of nitrogens with one attached hydrogen (secondary N) is 1. The molecule has 4 heterocycles. The van der Waals surface area contributed by atoms with E-state index in [-0.39, 0.29) is 18.0 Å². The molecule has 7 heteroatoms. The fourth-order valence-electron chi connectivity index (χ4n) is 4.26. The Balaban J connectivity index is 1.55. The molecule has 1 unspecified atom stereocenters. The number of benzene rings is 1. The summed E-state index contributed by atoms with van der Waals surface area (Å²) in [5.74, 6) is 0.751. The topological polar surface area (TPSA) is 67.3 Å². The molecule has 30 heavy (non-hydrogen) atoms. The van der Waals surface area contributed by atoms with E-state index in [1.807, 2.05) is 18.2 Å². The second kappa shape index (κ2) is 7.50. The lowest BCUT2D eigenvalue weighted by Crippen LogP contribution is -2.24. The molecule has 1 fully saturated rings. The number of ether oxygens (including phenoxy) is 1. The van der Waals surface area contributed by atoms with Crippen LogP contribution in [-0.2, 0) is 6.54 Å². The Morgan fingerprint density at radius 2 is 2.07 bits per heavy atom. The normalized spacial score (nSPS) is 18.0. The first-order chi connectivity index (χ1) is 14.7. The van der Waals surface area contributed by atoms with Gasteiger partial charge in [-0.3, -0.25) is 14.7 Å². The summed E-state index contributed by atoms with van der Waals surface area (Å²) in [6.45, 7) is 2.16. The van der Waals surface area contributed by atoms with Gasteiger partial charge in [-0.15, -0.1) is 0 Å². The van der Waals surface area contributed by atoms with E-state index in [1.54, 1.807) is 23.1 Å². The van der Waals surface area contributed by atoms with Crippen LogP contribution in [0.3, 0.4) is 0 Å². The van der Waals surface area contributed by atoms with E-state index in [1.165, 1.54) is 19.4 Å². The Hall–Kier alpha value is -3.32. The molecule has 0 bridgehead atoms. The number of halogens is 1. The van der Waals surface area contributed by atoms with Crippen LogP contribution in [0.1, 0.15) is 34.0 Å². The van der Waals surface area contributed by atoms with Crippen LogP contribution < -0.4 is 15.0 Å². The average Bonchev–Trinajstić information content (AvgIpc) is 3.42. The molecule has 2 aromatic heterocycles. The first kappa shape index (κ1) is 18.7. The van der Waals surface area contributed by atoms with Crippen LogP contribution in [0.4, 0.5) is 10.2 Å². The predicted molar refractivity (Wildman–Crippen MR) is 111 cm³/mol. The lowest BCUT2D eigenvalue weighted by molar-refractivity contribution is 0.0996. The van der Waals surface area contributed by atoms with E-state index < -0.39 is 5.82 Å². The first-order valence-electron chi connectivity index (χ1n) is 9.97. The standard InChI is InChI=1S/C23H21FN4O2/c1-30-19-6-2-4-17(24)21(19)22-16-13-28(23(29)15(16)9-11-26-22)20-7-3-5-18(27-20)14-8-10-25-12-14/h2-7,9,11,14,25H,8,10,12-13H2,1H3. The van der Waals surface area contributed by atoms with Gasteiger partial charge in [0.1, 0.15) is 17.4 Å². The van der Waals surface area contributed by atoms with Crippen molar-refractivity contribution < 1.29 is 13.9 Å². The van der Waals surface area contributed by atoms with Gasteiger partial charge in [0.05, 0.1) is 24.9 Å². The Kier molecular flexibility index (Phi) is 4.67. The zero-order valence-electron chi connectivity index (χ0n) is 16.6. The zero-order chi connectivity index (χ0) is 20.7. The summed E-state index contributed by atoms with van der Waals surface area (Å²) in [5, 5.41) is 3.35. The van der Waals surface area contributed by atoms with Gasteiger partial charge in [0.15, 0.2) is 0 Å². The number of hydrogen-bond donors (Lipinski definition) is 1. The molecule has 3 aromatic rings. The number of carbonyl (C=O) groups is 1. The highest BCUT2D eigenvalue weighted by Gasteiger charge is 2.33. The van der Waals surface area contributed by atoms with E-state index in [0.717, 1.165) is 25.2 Å². The van der Waals surface area contributed by atoms with E-state index in [2.05, 4.69) is 10.3 Å². The highest BCUT2D eigenvalue weighted by molar-refractivity contribution is 6.10. The van der Waals surface area contributed by atoms with Crippen molar-refractivity contribution >= 4 is 11.7 Å². The average molecular weight is 404 g/mol. The van der Waals surface area contributed by atoms with Gasteiger partial charge in [-0.25, -0.2) is 9.37 Å². The molecular weight excluding hydrogens is 383 g/mol. The number of methoxy groups -OCH3 is 1. The third-order valence-corrected chi connectivity index (χ3v) is 5.79. The van der Waals surface area contributed by atoms with Crippen molar-refractivity contribution in [3.8, 4) is 17.0 Å². The fraction of sp³-hybridized carbons (Fsp3) is 0.261. The molecule has 0 saturated carbocycles. The minimum Gasteiger partial charge on any atom is -0.496 e. The van der Waals surface area contributed by atoms with Crippen LogP contribution in [0, 0.1) is 5.82 Å². The molecule has 1 aromatic carbocycles. The van der Waals surface area contributed by atoms with Gasteiger partial charge in [-0.2, -0.15) is 0 Å². The van der Waals surface area contributed by atoms with Crippen molar-refractivity contribution in [2.75, 3.05) is 25.1 Å². The van der Waals surface area contributed by atoms with Gasteiger partial charge < -0.3 is 10.1 Å². The van der Waals surface area contributed by atoms with Crippen LogP contribution in [-0.4, -0.2) is 36.1 Å². The fourth-order valence-corrected chi connectivity index (χ4v) is 4.26. The van der Waals surface area contributed by atoms with Crippen LogP contribution in [0.2, 0.25) is 0 Å². The SMILES string of the molecule is COc1cccc(F)c1-c1nccc2c1CN(c1cccc(C3CCNC3)n1)C2=O. The van der Waals surface area contributed by atoms with Gasteiger partial charge in [0, 0.05) is 35.5 Å². The lowest BCUT2D eigenvalue weighted by Gasteiger charge is -2.17. The maximum atomic E-state index is 14.7. The number of hydrogen-bond acceptors (Lipinski definition) is 5. The second-order valence-electron chi connectivity index (χ2n) is 7.50. The summed E-state index contributed by atoms with van der Waals surface area (Å²) in [7, 11) is 1.49. The van der Waals surface area contributed by atoms with Gasteiger partial charge in [0.2, 0.25) is 0 Å². The van der Waals surface area contributed by atoms with Crippen molar-refractivity contribution in [1.29, 1.82) is 0 Å². The summed E-state index contributed by atoms with van der Waals surface area (Å²) in [6.07, 6.45) is 2.57. The number of carbonyl (C=O) groups excluding carboxylic acids is 1. The van der Waals surface area contributed by atoms with Crippen molar-refractivity contribution in [2.45, 2.75) is 18.9 Å². The molecular formula is C23H21FN4O2. The number of aromatic nitrogens is 2. The molecule has 0 radical (unpaired) electrons. The quantitative estimate of drug-likeness (QED) is 0.721. The molecule has 6 nitrogen and oxygen atoms in total. The van der Waals surface area contributed by atoms with Crippen molar-refractivity contribution in [3.63, 3.8) is 0 Å². The van der Waals surface area contributed by atoms with Crippen molar-refractivity contribution in [3.05, 3.63) is 71.3 Å². The highest BCUT2D eigenvalue weighted by atomic mass is 19.1. The van der Waals surface area contributed by atoms with Crippen LogP contribution >= 0.6 is 0 Å². The Labute approximate surface area is 173 Å². The number of pyridine rings is 2. The van der Waals surface area contributed by atoms with Gasteiger partial charge >= 0.3 is 0 Å². The minimum atomic E-state index is -0.435. The third-order valence-electron chi connectivity index (χ3n) is 5.79. The summed E-state index contributed by atoms with van der Waals surface area (Å²) in [6, 6.07) is 12.1. The largest absolute Gasteiger partial charge is 0.496 e. The van der Waals surface area contributed by atoms with Gasteiger partial charge in [0.25, 0.3) is 5.91 Å². The number of amides is 1.